The maximum Gasteiger partial charge on any atom is 0.329 e. The average molecular weight is 310 g/mol. The van der Waals surface area contributed by atoms with Crippen LogP contribution in [0.25, 0.3) is 0 Å². The Kier molecular flexibility index (Phi) is 4.78. The summed E-state index contributed by atoms with van der Waals surface area (Å²) in [5.74, 6) is -0.706. The summed E-state index contributed by atoms with van der Waals surface area (Å²) in [6, 6.07) is -0.958. The molecule has 2 aliphatic rings. The third-order valence-electron chi connectivity index (χ3n) is 4.14. The van der Waals surface area contributed by atoms with Gasteiger partial charge in [0.2, 0.25) is 11.8 Å². The van der Waals surface area contributed by atoms with Gasteiger partial charge in [0.1, 0.15) is 17.7 Å². The SMILES string of the molecule is CC(=O)N[C@@H]1CCC[C@H]2CC[C@@H](C(=O)OC(C)(C)C)N2C1=O. The summed E-state index contributed by atoms with van der Waals surface area (Å²) in [5, 5.41) is 2.71. The lowest BCUT2D eigenvalue weighted by molar-refractivity contribution is -0.164. The molecule has 0 radical (unpaired) electrons. The maximum atomic E-state index is 12.7. The maximum absolute atomic E-state index is 12.7. The van der Waals surface area contributed by atoms with Gasteiger partial charge in [-0.15, -0.1) is 0 Å². The Balaban J connectivity index is 2.16. The van der Waals surface area contributed by atoms with E-state index in [9.17, 15) is 14.4 Å². The first-order valence-corrected chi connectivity index (χ1v) is 8.01. The Bertz CT molecular complexity index is 469. The Morgan fingerprint density at radius 2 is 1.86 bits per heavy atom. The van der Waals surface area contributed by atoms with Crippen molar-refractivity contribution < 1.29 is 19.1 Å². The molecular weight excluding hydrogens is 284 g/mol. The van der Waals surface area contributed by atoms with E-state index < -0.39 is 17.7 Å². The lowest BCUT2D eigenvalue weighted by atomic mass is 10.1. The molecule has 0 aromatic rings. The molecule has 6 nitrogen and oxygen atoms in total. The summed E-state index contributed by atoms with van der Waals surface area (Å²) in [6.07, 6.45) is 3.84. The molecule has 3 atom stereocenters. The number of nitrogens with zero attached hydrogens (tertiary/aromatic N) is 1. The van der Waals surface area contributed by atoms with E-state index >= 15 is 0 Å². The van der Waals surface area contributed by atoms with Gasteiger partial charge in [-0.1, -0.05) is 0 Å². The first-order chi connectivity index (χ1) is 10.2. The first kappa shape index (κ1) is 16.8. The standard InChI is InChI=1S/C16H26N2O4/c1-10(19)17-12-7-5-6-11-8-9-13(18(11)14(12)20)15(21)22-16(2,3)4/h11-13H,5-9H2,1-4H3,(H,17,19)/t11-,12+,13-/m0/s1. The van der Waals surface area contributed by atoms with E-state index in [-0.39, 0.29) is 23.8 Å². The van der Waals surface area contributed by atoms with Crippen molar-refractivity contribution >= 4 is 17.8 Å². The number of hydrogen-bond acceptors (Lipinski definition) is 4. The molecule has 0 aromatic carbocycles. The van der Waals surface area contributed by atoms with Crippen LogP contribution in [0.5, 0.6) is 0 Å². The van der Waals surface area contributed by atoms with Crippen LogP contribution < -0.4 is 5.32 Å². The van der Waals surface area contributed by atoms with Gasteiger partial charge in [0.15, 0.2) is 0 Å². The molecule has 0 bridgehead atoms. The number of fused-ring (bicyclic) bond motifs is 1. The molecule has 0 unspecified atom stereocenters. The highest BCUT2D eigenvalue weighted by Gasteiger charge is 2.45. The second kappa shape index (κ2) is 6.26. The fraction of sp³-hybridized carbons (Fsp3) is 0.812. The van der Waals surface area contributed by atoms with Crippen molar-refractivity contribution in [2.45, 2.75) is 83.5 Å². The molecule has 2 fully saturated rings. The molecule has 1 N–H and O–H groups in total. The zero-order valence-electron chi connectivity index (χ0n) is 13.8. The van der Waals surface area contributed by atoms with Gasteiger partial charge in [0, 0.05) is 13.0 Å². The summed E-state index contributed by atoms with van der Waals surface area (Å²) in [5.41, 5.74) is -0.568. The van der Waals surface area contributed by atoms with Gasteiger partial charge < -0.3 is 15.0 Å². The van der Waals surface area contributed by atoms with Crippen LogP contribution in [0.15, 0.2) is 0 Å². The molecule has 2 saturated heterocycles. The zero-order chi connectivity index (χ0) is 16.5. The Morgan fingerprint density at radius 1 is 1.18 bits per heavy atom. The second-order valence-corrected chi connectivity index (χ2v) is 7.21. The molecule has 2 heterocycles. The fourth-order valence-corrected chi connectivity index (χ4v) is 3.34. The predicted molar refractivity (Wildman–Crippen MR) is 81.0 cm³/mol. The number of esters is 1. The summed E-state index contributed by atoms with van der Waals surface area (Å²) < 4.78 is 5.46. The highest BCUT2D eigenvalue weighted by atomic mass is 16.6. The third kappa shape index (κ3) is 3.78. The van der Waals surface area contributed by atoms with Crippen LogP contribution in [0.4, 0.5) is 0 Å². The molecule has 2 rings (SSSR count). The molecule has 0 aliphatic carbocycles. The molecule has 0 saturated carbocycles. The first-order valence-electron chi connectivity index (χ1n) is 8.01. The van der Waals surface area contributed by atoms with E-state index in [1.807, 2.05) is 20.8 Å². The van der Waals surface area contributed by atoms with Crippen LogP contribution in [-0.4, -0.2) is 46.4 Å². The monoisotopic (exact) mass is 310 g/mol. The van der Waals surface area contributed by atoms with E-state index in [2.05, 4.69) is 5.32 Å². The van der Waals surface area contributed by atoms with E-state index in [4.69, 9.17) is 4.74 Å². The Morgan fingerprint density at radius 3 is 2.45 bits per heavy atom. The predicted octanol–water partition coefficient (Wildman–Crippen LogP) is 1.38. The fourth-order valence-electron chi connectivity index (χ4n) is 3.34. The number of carbonyl (C=O) groups excluding carboxylic acids is 3. The van der Waals surface area contributed by atoms with Crippen molar-refractivity contribution in [2.24, 2.45) is 0 Å². The van der Waals surface area contributed by atoms with Gasteiger partial charge in [0.25, 0.3) is 0 Å². The van der Waals surface area contributed by atoms with Gasteiger partial charge in [-0.05, 0) is 52.9 Å². The molecule has 22 heavy (non-hydrogen) atoms. The van der Waals surface area contributed by atoms with E-state index in [1.165, 1.54) is 6.92 Å². The van der Waals surface area contributed by atoms with Crippen molar-refractivity contribution in [1.82, 2.24) is 10.2 Å². The van der Waals surface area contributed by atoms with Gasteiger partial charge in [0.05, 0.1) is 0 Å². The highest BCUT2D eigenvalue weighted by molar-refractivity contribution is 5.91. The minimum Gasteiger partial charge on any atom is -0.458 e. The van der Waals surface area contributed by atoms with Gasteiger partial charge >= 0.3 is 5.97 Å². The van der Waals surface area contributed by atoms with Crippen LogP contribution in [-0.2, 0) is 19.1 Å². The summed E-state index contributed by atoms with van der Waals surface area (Å²) in [4.78, 5) is 38.1. The number of ether oxygens (including phenoxy) is 1. The molecule has 2 aliphatic heterocycles. The van der Waals surface area contributed by atoms with E-state index in [1.54, 1.807) is 4.90 Å². The quantitative estimate of drug-likeness (QED) is 0.782. The van der Waals surface area contributed by atoms with Crippen LogP contribution in [0.1, 0.15) is 59.8 Å². The van der Waals surface area contributed by atoms with E-state index in [0.717, 1.165) is 19.3 Å². The summed E-state index contributed by atoms with van der Waals surface area (Å²) >= 11 is 0. The normalized spacial score (nSPS) is 28.8. The molecule has 0 aromatic heterocycles. The molecule has 124 valence electrons. The molecular formula is C16H26N2O4. The highest BCUT2D eigenvalue weighted by Crippen LogP contribution is 2.33. The minimum atomic E-state index is -0.568. The van der Waals surface area contributed by atoms with Gasteiger partial charge in [-0.3, -0.25) is 9.59 Å². The van der Waals surface area contributed by atoms with Crippen molar-refractivity contribution in [3.8, 4) is 0 Å². The van der Waals surface area contributed by atoms with Crippen LogP contribution >= 0.6 is 0 Å². The van der Waals surface area contributed by atoms with Crippen molar-refractivity contribution in [1.29, 1.82) is 0 Å². The third-order valence-corrected chi connectivity index (χ3v) is 4.14. The van der Waals surface area contributed by atoms with Crippen LogP contribution in [0.3, 0.4) is 0 Å². The van der Waals surface area contributed by atoms with Crippen molar-refractivity contribution in [3.63, 3.8) is 0 Å². The molecule has 6 heteroatoms. The average Bonchev–Trinajstić information content (AvgIpc) is 2.72. The largest absolute Gasteiger partial charge is 0.458 e. The number of nitrogens with one attached hydrogen (secondary N) is 1. The molecule has 2 amide bonds. The number of carbonyl (C=O) groups is 3. The smallest absolute Gasteiger partial charge is 0.329 e. The number of rotatable bonds is 2. The zero-order valence-corrected chi connectivity index (χ0v) is 13.8. The van der Waals surface area contributed by atoms with E-state index in [0.29, 0.717) is 12.8 Å². The van der Waals surface area contributed by atoms with Gasteiger partial charge in [-0.25, -0.2) is 4.79 Å². The second-order valence-electron chi connectivity index (χ2n) is 7.21. The number of amides is 2. The van der Waals surface area contributed by atoms with Crippen LogP contribution in [0.2, 0.25) is 0 Å². The van der Waals surface area contributed by atoms with Crippen LogP contribution in [0, 0.1) is 0 Å². The molecule has 0 spiro atoms. The number of hydrogen-bond donors (Lipinski definition) is 1. The summed E-state index contributed by atoms with van der Waals surface area (Å²) in [6.45, 7) is 6.87. The lowest BCUT2D eigenvalue weighted by Gasteiger charge is -2.31. The minimum absolute atomic E-state index is 0.0868. The van der Waals surface area contributed by atoms with Crippen molar-refractivity contribution in [3.05, 3.63) is 0 Å². The lowest BCUT2D eigenvalue weighted by Crippen LogP contribution is -2.53. The summed E-state index contributed by atoms with van der Waals surface area (Å²) in [7, 11) is 0. The Hall–Kier alpha value is -1.59. The topological polar surface area (TPSA) is 75.7 Å². The Labute approximate surface area is 131 Å². The van der Waals surface area contributed by atoms with Gasteiger partial charge in [-0.2, -0.15) is 0 Å². The van der Waals surface area contributed by atoms with Crippen molar-refractivity contribution in [2.75, 3.05) is 0 Å².